The zero-order chi connectivity index (χ0) is 24.1. The van der Waals surface area contributed by atoms with E-state index in [1.807, 2.05) is 24.3 Å². The average molecular weight is 484 g/mol. The van der Waals surface area contributed by atoms with Crippen LogP contribution in [0.4, 0.5) is 10.5 Å². The van der Waals surface area contributed by atoms with Crippen molar-refractivity contribution in [3.8, 4) is 5.75 Å². The number of carbonyl (C=O) groups is 2. The molecule has 3 rings (SSSR count). The highest BCUT2D eigenvalue weighted by molar-refractivity contribution is 7.91. The molecule has 2 fully saturated rings. The van der Waals surface area contributed by atoms with Gasteiger partial charge in [-0.1, -0.05) is 13.3 Å². The molecule has 0 atom stereocenters. The highest BCUT2D eigenvalue weighted by Gasteiger charge is 2.55. The molecule has 0 bridgehead atoms. The normalized spacial score (nSPS) is 19.2. The number of unbranched alkanes of at least 4 members (excludes halogenated alkanes) is 1. The molecule has 0 spiro atoms. The third kappa shape index (κ3) is 5.17. The molecule has 2 saturated heterocycles. The molecular weight excluding hydrogens is 450 g/mol. The highest BCUT2D eigenvalue weighted by Crippen LogP contribution is 2.34. The van der Waals surface area contributed by atoms with E-state index in [0.29, 0.717) is 19.7 Å². The third-order valence-electron chi connectivity index (χ3n) is 6.44. The molecule has 184 valence electrons. The number of nitrogens with one attached hydrogen (secondary N) is 1. The Bertz CT molecular complexity index is 923. The number of urea groups is 1. The molecule has 12 heteroatoms. The number of nitrogens with zero attached hydrogens (tertiary/aromatic N) is 3. The second-order valence-electron chi connectivity index (χ2n) is 8.35. The fourth-order valence-corrected chi connectivity index (χ4v) is 6.43. The number of benzene rings is 1. The van der Waals surface area contributed by atoms with Crippen molar-refractivity contribution in [2.75, 3.05) is 50.8 Å². The van der Waals surface area contributed by atoms with Gasteiger partial charge < -0.3 is 20.3 Å². The zero-order valence-corrected chi connectivity index (χ0v) is 19.7. The van der Waals surface area contributed by atoms with Crippen LogP contribution in [0.5, 0.6) is 5.75 Å². The van der Waals surface area contributed by atoms with E-state index < -0.39 is 26.7 Å². The Hall–Kier alpha value is -2.57. The number of likely N-dealkylation sites (tertiary alicyclic amines) is 1. The summed E-state index contributed by atoms with van der Waals surface area (Å²) in [5, 5.41) is 9.26. The number of nitrogens with two attached hydrogens (primary N) is 1. The Balaban J connectivity index is 1.67. The molecule has 0 aromatic heterocycles. The van der Waals surface area contributed by atoms with Crippen LogP contribution in [-0.4, -0.2) is 85.4 Å². The first-order valence-corrected chi connectivity index (χ1v) is 12.7. The molecule has 1 aromatic rings. The smallest absolute Gasteiger partial charge is 0.314 e. The Kier molecular flexibility index (Phi) is 8.03. The quantitative estimate of drug-likeness (QED) is 0.281. The lowest BCUT2D eigenvalue weighted by molar-refractivity contribution is -0.133. The standard InChI is InChI=1S/C21H33N5O6S/c1-2-3-16-32-18-6-4-17(5-7-18)24-12-14-26(15-13-24)33(30,31)21(19(27)23-29)8-10-25(11-9-21)20(22)28/h4-7,29H,2-3,8-16H2,1H3,(H2,22,28)(H,23,27). The maximum atomic E-state index is 13.5. The van der Waals surface area contributed by atoms with Gasteiger partial charge in [-0.05, 0) is 43.5 Å². The lowest BCUT2D eigenvalue weighted by Crippen LogP contribution is -2.64. The molecule has 2 heterocycles. The second kappa shape index (κ2) is 10.6. The minimum Gasteiger partial charge on any atom is -0.494 e. The number of anilines is 1. The number of carbonyl (C=O) groups excluding carboxylic acids is 2. The molecule has 11 nitrogen and oxygen atoms in total. The molecule has 0 unspecified atom stereocenters. The van der Waals surface area contributed by atoms with E-state index in [1.54, 1.807) is 0 Å². The van der Waals surface area contributed by atoms with Crippen LogP contribution in [0.15, 0.2) is 24.3 Å². The van der Waals surface area contributed by atoms with Crippen LogP contribution < -0.4 is 20.9 Å². The number of hydrogen-bond donors (Lipinski definition) is 3. The van der Waals surface area contributed by atoms with Crippen LogP contribution in [0.3, 0.4) is 0 Å². The van der Waals surface area contributed by atoms with Gasteiger partial charge in [0.25, 0.3) is 5.91 Å². The lowest BCUT2D eigenvalue weighted by atomic mass is 9.95. The molecule has 0 aliphatic carbocycles. The first-order valence-electron chi connectivity index (χ1n) is 11.2. The number of piperazine rings is 1. The van der Waals surface area contributed by atoms with Gasteiger partial charge in [0.15, 0.2) is 4.75 Å². The Morgan fingerprint density at radius 1 is 1.09 bits per heavy atom. The minimum absolute atomic E-state index is 0.0224. The number of amides is 3. The van der Waals surface area contributed by atoms with Crippen molar-refractivity contribution in [3.05, 3.63) is 24.3 Å². The number of rotatable bonds is 8. The SMILES string of the molecule is CCCCOc1ccc(N2CCN(S(=O)(=O)C3(C(=O)NO)CCN(C(N)=O)CC3)CC2)cc1. The van der Waals surface area contributed by atoms with Crippen molar-refractivity contribution in [2.24, 2.45) is 5.73 Å². The topological polar surface area (TPSA) is 146 Å². The van der Waals surface area contributed by atoms with Crippen molar-refractivity contribution in [1.29, 1.82) is 0 Å². The van der Waals surface area contributed by atoms with E-state index >= 15 is 0 Å². The first kappa shape index (κ1) is 25.1. The van der Waals surface area contributed by atoms with E-state index in [9.17, 15) is 23.2 Å². The summed E-state index contributed by atoms with van der Waals surface area (Å²) in [6.45, 7) is 4.15. The number of ether oxygens (including phenoxy) is 1. The van der Waals surface area contributed by atoms with Gasteiger partial charge in [-0.25, -0.2) is 18.7 Å². The van der Waals surface area contributed by atoms with Crippen LogP contribution in [0.25, 0.3) is 0 Å². The average Bonchev–Trinajstić information content (AvgIpc) is 2.84. The lowest BCUT2D eigenvalue weighted by Gasteiger charge is -2.43. The van der Waals surface area contributed by atoms with Crippen LogP contribution in [-0.2, 0) is 14.8 Å². The molecule has 0 saturated carbocycles. The number of primary amides is 1. The summed E-state index contributed by atoms with van der Waals surface area (Å²) in [4.78, 5) is 27.4. The monoisotopic (exact) mass is 483 g/mol. The van der Waals surface area contributed by atoms with Crippen molar-refractivity contribution in [2.45, 2.75) is 37.4 Å². The molecule has 3 amide bonds. The molecular formula is C21H33N5O6S. The molecule has 1 aromatic carbocycles. The Morgan fingerprint density at radius 3 is 2.21 bits per heavy atom. The summed E-state index contributed by atoms with van der Waals surface area (Å²) in [6, 6.07) is 7.04. The second-order valence-corrected chi connectivity index (χ2v) is 10.6. The van der Waals surface area contributed by atoms with Crippen LogP contribution in [0.2, 0.25) is 0 Å². The summed E-state index contributed by atoms with van der Waals surface area (Å²) in [6.07, 6.45) is 1.79. The summed E-state index contributed by atoms with van der Waals surface area (Å²) >= 11 is 0. The van der Waals surface area contributed by atoms with E-state index in [4.69, 9.17) is 10.5 Å². The van der Waals surface area contributed by atoms with Gasteiger partial charge in [0, 0.05) is 45.0 Å². The Morgan fingerprint density at radius 2 is 1.70 bits per heavy atom. The van der Waals surface area contributed by atoms with E-state index in [0.717, 1.165) is 24.3 Å². The van der Waals surface area contributed by atoms with Crippen molar-refractivity contribution in [3.63, 3.8) is 0 Å². The van der Waals surface area contributed by atoms with Gasteiger partial charge in [-0.3, -0.25) is 10.0 Å². The summed E-state index contributed by atoms with van der Waals surface area (Å²) in [7, 11) is -4.10. The number of piperidine rings is 1. The highest BCUT2D eigenvalue weighted by atomic mass is 32.2. The van der Waals surface area contributed by atoms with Gasteiger partial charge in [0.05, 0.1) is 6.61 Å². The number of sulfonamides is 1. The van der Waals surface area contributed by atoms with Crippen LogP contribution >= 0.6 is 0 Å². The number of hydrogen-bond acceptors (Lipinski definition) is 7. The Labute approximate surface area is 194 Å². The summed E-state index contributed by atoms with van der Waals surface area (Å²) in [5.74, 6) is -0.180. The maximum Gasteiger partial charge on any atom is 0.314 e. The van der Waals surface area contributed by atoms with Gasteiger partial charge in [-0.15, -0.1) is 0 Å². The molecule has 2 aliphatic heterocycles. The minimum atomic E-state index is -4.10. The van der Waals surface area contributed by atoms with Crippen molar-refractivity contribution < 1.29 is 28.0 Å². The predicted molar refractivity (Wildman–Crippen MR) is 123 cm³/mol. The number of hydroxylamine groups is 1. The largest absolute Gasteiger partial charge is 0.494 e. The first-order chi connectivity index (χ1) is 15.7. The summed E-state index contributed by atoms with van der Waals surface area (Å²) < 4.78 is 32.2. The van der Waals surface area contributed by atoms with E-state index in [1.165, 1.54) is 14.7 Å². The van der Waals surface area contributed by atoms with E-state index in [2.05, 4.69) is 11.8 Å². The van der Waals surface area contributed by atoms with Gasteiger partial charge in [0.1, 0.15) is 5.75 Å². The maximum absolute atomic E-state index is 13.5. The molecule has 4 N–H and O–H groups in total. The fourth-order valence-electron chi connectivity index (χ4n) is 4.31. The zero-order valence-electron chi connectivity index (χ0n) is 18.9. The van der Waals surface area contributed by atoms with Gasteiger partial charge in [-0.2, -0.15) is 4.31 Å². The molecule has 0 radical (unpaired) electrons. The van der Waals surface area contributed by atoms with E-state index in [-0.39, 0.29) is 39.0 Å². The predicted octanol–water partition coefficient (Wildman–Crippen LogP) is 0.736. The van der Waals surface area contributed by atoms with Gasteiger partial charge in [0.2, 0.25) is 10.0 Å². The molecule has 33 heavy (non-hydrogen) atoms. The molecule has 2 aliphatic rings. The van der Waals surface area contributed by atoms with Gasteiger partial charge >= 0.3 is 6.03 Å². The van der Waals surface area contributed by atoms with Crippen LogP contribution in [0, 0.1) is 0 Å². The van der Waals surface area contributed by atoms with Crippen LogP contribution in [0.1, 0.15) is 32.6 Å². The van der Waals surface area contributed by atoms with Crippen molar-refractivity contribution >= 4 is 27.6 Å². The fraction of sp³-hybridized carbons (Fsp3) is 0.619. The summed E-state index contributed by atoms with van der Waals surface area (Å²) in [5.41, 5.74) is 7.78. The third-order valence-corrected chi connectivity index (χ3v) is 9.07. The van der Waals surface area contributed by atoms with Crippen molar-refractivity contribution in [1.82, 2.24) is 14.7 Å².